The molecule has 0 unspecified atom stereocenters. The van der Waals surface area contributed by atoms with Gasteiger partial charge < -0.3 is 10.2 Å². The molecular weight excluding hydrogens is 289 g/mol. The van der Waals surface area contributed by atoms with Crippen molar-refractivity contribution in [3.05, 3.63) is 5.01 Å². The largest absolute Gasteiger partial charge is 0.445 e. The van der Waals surface area contributed by atoms with Crippen molar-refractivity contribution in [1.82, 2.24) is 15.5 Å². The van der Waals surface area contributed by atoms with Crippen LogP contribution in [0, 0.1) is 5.92 Å². The average molecular weight is 308 g/mol. The lowest BCUT2D eigenvalue weighted by Gasteiger charge is -2.32. The van der Waals surface area contributed by atoms with E-state index in [1.807, 2.05) is 18.7 Å². The number of nitrogens with zero attached hydrogens (tertiary/aromatic N) is 3. The lowest BCUT2D eigenvalue weighted by atomic mass is 9.97. The number of alkyl halides is 3. The zero-order valence-electron chi connectivity index (χ0n) is 11.6. The molecule has 4 nitrogen and oxygen atoms in total. The maximum Gasteiger partial charge on any atom is 0.445 e. The van der Waals surface area contributed by atoms with E-state index in [-0.39, 0.29) is 6.04 Å². The molecule has 114 valence electrons. The van der Waals surface area contributed by atoms with E-state index >= 15 is 0 Å². The summed E-state index contributed by atoms with van der Waals surface area (Å²) in [6, 6.07) is 0.110. The van der Waals surface area contributed by atoms with Gasteiger partial charge in [-0.05, 0) is 45.7 Å². The predicted octanol–water partition coefficient (Wildman–Crippen LogP) is 2.77. The number of piperidine rings is 1. The van der Waals surface area contributed by atoms with Crippen LogP contribution in [0.3, 0.4) is 0 Å². The molecule has 8 heteroatoms. The standard InChI is InChI=1S/C12H19F3N4S/c1-8(2)19(7-9-3-5-16-6-4-9)11-18-17-10(20-11)12(13,14)15/h8-9,16H,3-7H2,1-2H3. The minimum atomic E-state index is -4.41. The number of nitrogens with one attached hydrogen (secondary N) is 1. The van der Waals surface area contributed by atoms with Crippen LogP contribution < -0.4 is 10.2 Å². The van der Waals surface area contributed by atoms with Gasteiger partial charge in [-0.3, -0.25) is 0 Å². The fraction of sp³-hybridized carbons (Fsp3) is 0.833. The van der Waals surface area contributed by atoms with Crippen LogP contribution in [0.1, 0.15) is 31.7 Å². The van der Waals surface area contributed by atoms with Crippen LogP contribution in [-0.4, -0.2) is 35.9 Å². The first-order chi connectivity index (χ1) is 9.38. The van der Waals surface area contributed by atoms with Gasteiger partial charge in [0.25, 0.3) is 0 Å². The quantitative estimate of drug-likeness (QED) is 0.928. The van der Waals surface area contributed by atoms with Crippen molar-refractivity contribution in [3.63, 3.8) is 0 Å². The van der Waals surface area contributed by atoms with Gasteiger partial charge >= 0.3 is 6.18 Å². The Balaban J connectivity index is 2.09. The predicted molar refractivity (Wildman–Crippen MR) is 73.0 cm³/mol. The number of rotatable bonds is 4. The Morgan fingerprint density at radius 2 is 1.95 bits per heavy atom. The van der Waals surface area contributed by atoms with Gasteiger partial charge in [-0.2, -0.15) is 13.2 Å². The maximum absolute atomic E-state index is 12.6. The summed E-state index contributed by atoms with van der Waals surface area (Å²) >= 11 is 0.628. The Morgan fingerprint density at radius 1 is 1.30 bits per heavy atom. The monoisotopic (exact) mass is 308 g/mol. The zero-order valence-corrected chi connectivity index (χ0v) is 12.4. The van der Waals surface area contributed by atoms with Crippen molar-refractivity contribution in [1.29, 1.82) is 0 Å². The summed E-state index contributed by atoms with van der Waals surface area (Å²) in [6.45, 7) is 6.62. The minimum absolute atomic E-state index is 0.110. The van der Waals surface area contributed by atoms with Gasteiger partial charge in [-0.25, -0.2) is 0 Å². The zero-order chi connectivity index (χ0) is 14.8. The molecule has 1 saturated heterocycles. The van der Waals surface area contributed by atoms with E-state index in [0.29, 0.717) is 22.4 Å². The summed E-state index contributed by atoms with van der Waals surface area (Å²) < 4.78 is 37.8. The number of anilines is 1. The molecule has 20 heavy (non-hydrogen) atoms. The van der Waals surface area contributed by atoms with Gasteiger partial charge in [-0.15, -0.1) is 10.2 Å². The second kappa shape index (κ2) is 6.26. The van der Waals surface area contributed by atoms with Gasteiger partial charge in [0.05, 0.1) is 0 Å². The van der Waals surface area contributed by atoms with E-state index in [9.17, 15) is 13.2 Å². The Kier molecular flexibility index (Phi) is 4.85. The summed E-state index contributed by atoms with van der Waals surface area (Å²) in [6.07, 6.45) is -2.31. The lowest BCUT2D eigenvalue weighted by Crippen LogP contribution is -2.39. The fourth-order valence-electron chi connectivity index (χ4n) is 2.30. The topological polar surface area (TPSA) is 41.0 Å². The lowest BCUT2D eigenvalue weighted by molar-refractivity contribution is -0.138. The number of aromatic nitrogens is 2. The van der Waals surface area contributed by atoms with E-state index in [4.69, 9.17) is 0 Å². The molecule has 0 spiro atoms. The summed E-state index contributed by atoms with van der Waals surface area (Å²) in [5.41, 5.74) is 0. The van der Waals surface area contributed by atoms with Crippen molar-refractivity contribution >= 4 is 16.5 Å². The summed E-state index contributed by atoms with van der Waals surface area (Å²) in [7, 11) is 0. The number of hydrogen-bond acceptors (Lipinski definition) is 5. The Bertz CT molecular complexity index is 427. The highest BCUT2D eigenvalue weighted by molar-refractivity contribution is 7.15. The molecule has 0 bridgehead atoms. The molecule has 2 heterocycles. The molecule has 0 atom stereocenters. The normalized spacial score (nSPS) is 17.7. The van der Waals surface area contributed by atoms with Crippen molar-refractivity contribution < 1.29 is 13.2 Å². The van der Waals surface area contributed by atoms with Crippen molar-refractivity contribution in [2.45, 2.75) is 38.9 Å². The number of halogens is 3. The van der Waals surface area contributed by atoms with E-state index in [2.05, 4.69) is 15.5 Å². The van der Waals surface area contributed by atoms with Crippen LogP contribution in [0.5, 0.6) is 0 Å². The molecule has 1 aliphatic heterocycles. The van der Waals surface area contributed by atoms with Crippen LogP contribution in [0.2, 0.25) is 0 Å². The molecule has 0 aromatic carbocycles. The van der Waals surface area contributed by atoms with Gasteiger partial charge in [-0.1, -0.05) is 11.3 Å². The van der Waals surface area contributed by atoms with Crippen molar-refractivity contribution in [2.75, 3.05) is 24.5 Å². The highest BCUT2D eigenvalue weighted by atomic mass is 32.1. The van der Waals surface area contributed by atoms with Crippen LogP contribution >= 0.6 is 11.3 Å². The van der Waals surface area contributed by atoms with E-state index in [1.54, 1.807) is 0 Å². The van der Waals surface area contributed by atoms with E-state index in [1.165, 1.54) is 0 Å². The molecule has 1 fully saturated rings. The van der Waals surface area contributed by atoms with E-state index < -0.39 is 11.2 Å². The van der Waals surface area contributed by atoms with Crippen LogP contribution in [0.15, 0.2) is 0 Å². The van der Waals surface area contributed by atoms with Gasteiger partial charge in [0, 0.05) is 12.6 Å². The highest BCUT2D eigenvalue weighted by Crippen LogP contribution is 2.35. The Labute approximate surface area is 120 Å². The smallest absolute Gasteiger partial charge is 0.344 e. The summed E-state index contributed by atoms with van der Waals surface area (Å²) in [4.78, 5) is 1.93. The molecule has 2 rings (SSSR count). The van der Waals surface area contributed by atoms with Gasteiger partial charge in [0.2, 0.25) is 10.1 Å². The third kappa shape index (κ3) is 3.82. The molecule has 1 aliphatic rings. The first-order valence-electron chi connectivity index (χ1n) is 6.76. The van der Waals surface area contributed by atoms with Gasteiger partial charge in [0.1, 0.15) is 0 Å². The van der Waals surface area contributed by atoms with E-state index in [0.717, 1.165) is 32.5 Å². The van der Waals surface area contributed by atoms with Crippen molar-refractivity contribution in [3.8, 4) is 0 Å². The van der Waals surface area contributed by atoms with Crippen molar-refractivity contribution in [2.24, 2.45) is 5.92 Å². The SMILES string of the molecule is CC(C)N(CC1CCNCC1)c1nnc(C(F)(F)F)s1. The number of hydrogen-bond donors (Lipinski definition) is 1. The van der Waals surface area contributed by atoms with Crippen LogP contribution in [-0.2, 0) is 6.18 Å². The second-order valence-corrected chi connectivity index (χ2v) is 6.28. The first kappa shape index (κ1) is 15.5. The first-order valence-corrected chi connectivity index (χ1v) is 7.57. The molecule has 0 amide bonds. The Morgan fingerprint density at radius 3 is 2.45 bits per heavy atom. The molecule has 1 N–H and O–H groups in total. The molecule has 0 radical (unpaired) electrons. The Hall–Kier alpha value is -0.890. The third-order valence-electron chi connectivity index (χ3n) is 3.44. The summed E-state index contributed by atoms with van der Waals surface area (Å²) in [5, 5.41) is 9.78. The molecule has 1 aromatic rings. The van der Waals surface area contributed by atoms with Crippen LogP contribution in [0.4, 0.5) is 18.3 Å². The second-order valence-electron chi connectivity index (χ2n) is 5.33. The van der Waals surface area contributed by atoms with Crippen LogP contribution in [0.25, 0.3) is 0 Å². The minimum Gasteiger partial charge on any atom is -0.344 e. The average Bonchev–Trinajstić information content (AvgIpc) is 2.86. The fourth-order valence-corrected chi connectivity index (χ4v) is 3.15. The molecule has 1 aromatic heterocycles. The highest BCUT2D eigenvalue weighted by Gasteiger charge is 2.36. The van der Waals surface area contributed by atoms with Gasteiger partial charge in [0.15, 0.2) is 0 Å². The molecule has 0 aliphatic carbocycles. The third-order valence-corrected chi connectivity index (χ3v) is 4.44. The molecule has 0 saturated carbocycles. The summed E-state index contributed by atoms with van der Waals surface area (Å²) in [5.74, 6) is 0.497. The molecular formula is C12H19F3N4S. The maximum atomic E-state index is 12.6.